The highest BCUT2D eigenvalue weighted by atomic mass is 35.5. The van der Waals surface area contributed by atoms with Crippen molar-refractivity contribution in [3.8, 4) is 6.07 Å². The molecule has 32 heavy (non-hydrogen) atoms. The van der Waals surface area contributed by atoms with Crippen molar-refractivity contribution in [2.45, 2.75) is 54.9 Å². The van der Waals surface area contributed by atoms with Crippen molar-refractivity contribution >= 4 is 33.9 Å². The summed E-state index contributed by atoms with van der Waals surface area (Å²) >= 11 is 6.04. The average Bonchev–Trinajstić information content (AvgIpc) is 3.17. The van der Waals surface area contributed by atoms with Gasteiger partial charge in [-0.3, -0.25) is 4.21 Å². The monoisotopic (exact) mass is 470 g/mol. The van der Waals surface area contributed by atoms with Crippen LogP contribution in [0.15, 0.2) is 29.2 Å². The first-order chi connectivity index (χ1) is 15.5. The van der Waals surface area contributed by atoms with Crippen molar-refractivity contribution in [2.24, 2.45) is 0 Å². The third kappa shape index (κ3) is 3.79. The second-order valence-electron chi connectivity index (χ2n) is 9.10. The van der Waals surface area contributed by atoms with Crippen LogP contribution in [0.5, 0.6) is 0 Å². The largest absolute Gasteiger partial charge is 0.394 e. The first kappa shape index (κ1) is 21.7. The number of nitrogens with one attached hydrogen (secondary N) is 1. The fourth-order valence-electron chi connectivity index (χ4n) is 5.12. The van der Waals surface area contributed by atoms with Gasteiger partial charge in [-0.15, -0.1) is 0 Å². The molecule has 2 aliphatic heterocycles. The van der Waals surface area contributed by atoms with Gasteiger partial charge in [0, 0.05) is 30.3 Å². The number of pyridine rings is 1. The molecule has 2 N–H and O–H groups in total. The van der Waals surface area contributed by atoms with Crippen molar-refractivity contribution in [1.82, 2.24) is 4.98 Å². The number of aliphatic hydroxyl groups excluding tert-OH is 1. The van der Waals surface area contributed by atoms with Crippen LogP contribution in [0.4, 0.5) is 11.5 Å². The topological polar surface area (TPSA) is 89.2 Å². The van der Waals surface area contributed by atoms with Crippen LogP contribution in [0.3, 0.4) is 0 Å². The van der Waals surface area contributed by atoms with Crippen LogP contribution in [0, 0.1) is 11.3 Å². The maximum Gasteiger partial charge on any atom is 0.149 e. The Morgan fingerprint density at radius 1 is 1.28 bits per heavy atom. The molecule has 2 aromatic rings. The Bertz CT molecular complexity index is 1080. The first-order valence-electron chi connectivity index (χ1n) is 11.3. The molecule has 1 aromatic carbocycles. The molecule has 3 heterocycles. The summed E-state index contributed by atoms with van der Waals surface area (Å²) in [5, 5.41) is 24.3. The zero-order valence-corrected chi connectivity index (χ0v) is 19.5. The van der Waals surface area contributed by atoms with E-state index in [2.05, 4.69) is 28.4 Å². The zero-order valence-electron chi connectivity index (χ0n) is 17.9. The van der Waals surface area contributed by atoms with Gasteiger partial charge in [0.1, 0.15) is 17.5 Å². The number of fused-ring (bicyclic) bond motifs is 1. The molecule has 3 aliphatic rings. The number of hydrogen-bond donors (Lipinski definition) is 2. The van der Waals surface area contributed by atoms with Gasteiger partial charge in [0.05, 0.1) is 39.2 Å². The van der Waals surface area contributed by atoms with E-state index in [4.69, 9.17) is 16.6 Å². The fraction of sp³-hybridized carbons (Fsp3) is 0.500. The molecular weight excluding hydrogens is 444 g/mol. The van der Waals surface area contributed by atoms with Crippen LogP contribution in [-0.2, 0) is 17.2 Å². The van der Waals surface area contributed by atoms with Crippen LogP contribution >= 0.6 is 11.6 Å². The minimum Gasteiger partial charge on any atom is -0.394 e. The standard InChI is InChI=1S/C24H27ClN4O2S/c25-18-4-2-16(3-5-18)17-6-11-29(12-7-17)23-19(14-26)21(28-24(15-30)9-1-10-24)22-20(27-23)8-13-32(22)31/h2-5,17,30H,1,6-13,15H2,(H,27,28). The third-order valence-electron chi connectivity index (χ3n) is 7.21. The van der Waals surface area contributed by atoms with Crippen LogP contribution in [-0.4, -0.2) is 45.3 Å². The molecule has 0 bridgehead atoms. The molecule has 1 saturated carbocycles. The number of benzene rings is 1. The predicted molar refractivity (Wildman–Crippen MR) is 127 cm³/mol. The highest BCUT2D eigenvalue weighted by molar-refractivity contribution is 7.85. The molecule has 0 radical (unpaired) electrons. The molecule has 0 spiro atoms. The number of aliphatic hydroxyl groups is 1. The van der Waals surface area contributed by atoms with E-state index in [0.29, 0.717) is 40.1 Å². The van der Waals surface area contributed by atoms with Crippen LogP contribution in [0.2, 0.25) is 5.02 Å². The Kier molecular flexibility index (Phi) is 5.87. The third-order valence-corrected chi connectivity index (χ3v) is 8.93. The lowest BCUT2D eigenvalue weighted by molar-refractivity contribution is 0.144. The summed E-state index contributed by atoms with van der Waals surface area (Å²) in [5.74, 6) is 1.69. The summed E-state index contributed by atoms with van der Waals surface area (Å²) < 4.78 is 12.8. The van der Waals surface area contributed by atoms with Crippen molar-refractivity contribution < 1.29 is 9.32 Å². The SMILES string of the molecule is N#Cc1c(N2CCC(c3ccc(Cl)cc3)CC2)nc2c(c1NC1(CO)CCC1)S(=O)CC2. The van der Waals surface area contributed by atoms with Crippen molar-refractivity contribution in [3.63, 3.8) is 0 Å². The summed E-state index contributed by atoms with van der Waals surface area (Å²) in [6.07, 6.45) is 5.33. The fourth-order valence-corrected chi connectivity index (χ4v) is 6.62. The van der Waals surface area contributed by atoms with Gasteiger partial charge < -0.3 is 15.3 Å². The Hall–Kier alpha value is -2.14. The van der Waals surface area contributed by atoms with E-state index in [1.165, 1.54) is 5.56 Å². The molecule has 2 fully saturated rings. The quantitative estimate of drug-likeness (QED) is 0.687. The van der Waals surface area contributed by atoms with Gasteiger partial charge >= 0.3 is 0 Å². The van der Waals surface area contributed by atoms with Gasteiger partial charge in [0.25, 0.3) is 0 Å². The zero-order chi connectivity index (χ0) is 22.3. The molecule has 8 heteroatoms. The molecule has 1 aliphatic carbocycles. The maximum absolute atomic E-state index is 12.8. The summed E-state index contributed by atoms with van der Waals surface area (Å²) in [5.41, 5.74) is 2.79. The van der Waals surface area contributed by atoms with Gasteiger partial charge in [-0.25, -0.2) is 4.98 Å². The van der Waals surface area contributed by atoms with E-state index < -0.39 is 16.3 Å². The molecule has 1 unspecified atom stereocenters. The van der Waals surface area contributed by atoms with Gasteiger partial charge in [0.2, 0.25) is 0 Å². The molecule has 168 valence electrons. The number of nitriles is 1. The molecule has 6 nitrogen and oxygen atoms in total. The van der Waals surface area contributed by atoms with E-state index in [9.17, 15) is 14.6 Å². The summed E-state index contributed by atoms with van der Waals surface area (Å²) in [6.45, 7) is 1.62. The van der Waals surface area contributed by atoms with Gasteiger partial charge in [-0.2, -0.15) is 5.26 Å². The van der Waals surface area contributed by atoms with E-state index >= 15 is 0 Å². The Morgan fingerprint density at radius 2 is 2.00 bits per heavy atom. The Balaban J connectivity index is 1.46. The van der Waals surface area contributed by atoms with E-state index in [1.54, 1.807) is 0 Å². The van der Waals surface area contributed by atoms with Crippen molar-refractivity contribution in [3.05, 3.63) is 46.1 Å². The first-order valence-corrected chi connectivity index (χ1v) is 13.0. The van der Waals surface area contributed by atoms with E-state index in [0.717, 1.165) is 55.9 Å². The number of rotatable bonds is 5. The number of piperidine rings is 1. The molecule has 0 amide bonds. The second kappa shape index (κ2) is 8.66. The number of nitrogens with zero attached hydrogens (tertiary/aromatic N) is 3. The molecule has 1 aromatic heterocycles. The Morgan fingerprint density at radius 3 is 2.59 bits per heavy atom. The van der Waals surface area contributed by atoms with Gasteiger partial charge in [-0.05, 0) is 55.7 Å². The van der Waals surface area contributed by atoms with Gasteiger partial charge in [0.15, 0.2) is 0 Å². The molecule has 1 saturated heterocycles. The van der Waals surface area contributed by atoms with Gasteiger partial charge in [-0.1, -0.05) is 23.7 Å². The summed E-state index contributed by atoms with van der Waals surface area (Å²) in [4.78, 5) is 7.72. The number of hydrogen-bond acceptors (Lipinski definition) is 6. The lowest BCUT2D eigenvalue weighted by Crippen LogP contribution is -2.48. The number of halogens is 1. The van der Waals surface area contributed by atoms with E-state index in [-0.39, 0.29) is 6.61 Å². The minimum atomic E-state index is -1.17. The lowest BCUT2D eigenvalue weighted by atomic mass is 9.77. The molecule has 5 rings (SSSR count). The van der Waals surface area contributed by atoms with Crippen molar-refractivity contribution in [1.29, 1.82) is 5.26 Å². The van der Waals surface area contributed by atoms with E-state index in [1.807, 2.05) is 12.1 Å². The number of aryl methyl sites for hydroxylation is 1. The van der Waals surface area contributed by atoms with Crippen LogP contribution in [0.25, 0.3) is 0 Å². The second-order valence-corrected chi connectivity index (χ2v) is 11.0. The Labute approximate surface area is 196 Å². The van der Waals surface area contributed by atoms with Crippen LogP contribution in [0.1, 0.15) is 54.8 Å². The lowest BCUT2D eigenvalue weighted by Gasteiger charge is -2.42. The minimum absolute atomic E-state index is 0.00339. The number of aromatic nitrogens is 1. The summed E-state index contributed by atoms with van der Waals surface area (Å²) in [7, 11) is -1.17. The maximum atomic E-state index is 12.8. The molecule has 1 atom stereocenters. The average molecular weight is 471 g/mol. The normalized spacial score (nSPS) is 22.2. The number of anilines is 2. The van der Waals surface area contributed by atoms with Crippen molar-refractivity contribution in [2.75, 3.05) is 35.7 Å². The smallest absolute Gasteiger partial charge is 0.149 e. The highest BCUT2D eigenvalue weighted by Crippen LogP contribution is 2.43. The predicted octanol–water partition coefficient (Wildman–Crippen LogP) is 3.98. The van der Waals surface area contributed by atoms with Crippen LogP contribution < -0.4 is 10.2 Å². The summed E-state index contributed by atoms with van der Waals surface area (Å²) in [6, 6.07) is 10.4. The highest BCUT2D eigenvalue weighted by Gasteiger charge is 2.40. The molecular formula is C24H27ClN4O2S.